The van der Waals surface area contributed by atoms with E-state index in [2.05, 4.69) is 5.32 Å². The first-order chi connectivity index (χ1) is 16.7. The average Bonchev–Trinajstić information content (AvgIpc) is 3.05. The summed E-state index contributed by atoms with van der Waals surface area (Å²) in [6.45, 7) is 1.41. The summed E-state index contributed by atoms with van der Waals surface area (Å²) in [7, 11) is 2.83. The number of ether oxygens (including phenoxy) is 3. The minimum atomic E-state index is -1.29. The van der Waals surface area contributed by atoms with E-state index in [9.17, 15) is 19.2 Å². The Labute approximate surface area is 206 Å². The van der Waals surface area contributed by atoms with Crippen LogP contribution in [0.3, 0.4) is 0 Å². The van der Waals surface area contributed by atoms with E-state index in [-0.39, 0.29) is 28.6 Å². The maximum atomic E-state index is 12.8. The molecule has 0 aromatic heterocycles. The van der Waals surface area contributed by atoms with Crippen LogP contribution in [0.15, 0.2) is 46.1 Å². The number of carbonyl (C=O) groups excluding carboxylic acids is 2. The van der Waals surface area contributed by atoms with Crippen LogP contribution in [-0.2, 0) is 20.8 Å². The molecule has 0 bridgehead atoms. The molecule has 0 radical (unpaired) electrons. The molecule has 1 atom stereocenters. The van der Waals surface area contributed by atoms with E-state index < -0.39 is 18.0 Å². The van der Waals surface area contributed by atoms with E-state index in [1.54, 1.807) is 12.1 Å². The summed E-state index contributed by atoms with van der Waals surface area (Å²) in [5.74, 6) is -1.96. The number of carbonyl (C=O) groups is 3. The monoisotopic (exact) mass is 499 g/mol. The summed E-state index contributed by atoms with van der Waals surface area (Å²) >= 11 is 1.32. The summed E-state index contributed by atoms with van der Waals surface area (Å²) in [5.41, 5.74) is 2.53. The van der Waals surface area contributed by atoms with Gasteiger partial charge in [0.25, 0.3) is 0 Å². The largest absolute Gasteiger partial charge is 0.492 e. The third kappa shape index (κ3) is 5.65. The number of fused-ring (bicyclic) bond motifs is 3. The molecule has 1 aliphatic rings. The smallest absolute Gasteiger partial charge is 0.336 e. The maximum Gasteiger partial charge on any atom is 0.336 e. The molecule has 0 unspecified atom stereocenters. The fraction of sp³-hybridized carbons (Fsp3) is 0.280. The van der Waals surface area contributed by atoms with E-state index in [0.29, 0.717) is 40.5 Å². The van der Waals surface area contributed by atoms with Crippen molar-refractivity contribution in [3.63, 3.8) is 0 Å². The highest BCUT2D eigenvalue weighted by Crippen LogP contribution is 2.50. The number of rotatable bonds is 7. The predicted molar refractivity (Wildman–Crippen MR) is 130 cm³/mol. The number of hydrogen-bond acceptors (Lipinski definition) is 8. The average molecular weight is 500 g/mol. The number of nitrogens with one attached hydrogen (secondary N) is 1. The molecule has 0 spiro atoms. The van der Waals surface area contributed by atoms with E-state index in [0.717, 1.165) is 11.6 Å². The van der Waals surface area contributed by atoms with Gasteiger partial charge < -0.3 is 24.6 Å². The molecular weight excluding hydrogens is 474 g/mol. The van der Waals surface area contributed by atoms with E-state index in [1.807, 2.05) is 12.3 Å². The molecule has 10 heteroatoms. The molecule has 0 saturated heterocycles. The van der Waals surface area contributed by atoms with Crippen molar-refractivity contribution < 1.29 is 33.7 Å². The molecule has 9 nitrogen and oxygen atoms in total. The molecule has 184 valence electrons. The Hall–Kier alpha value is -3.79. The standard InChI is InChI=1S/C25H25NO8S/c1-13(27)26-17-7-5-14-11-19(34-22(31)10-9-21(29)30)24(32-2)25(33-3)23(14)15-6-8-20(35-4)18(28)12-16(15)17/h6,8-12,17H,5,7H2,1-4H3,(H,26,27)(H,29,30)/b10-9-/t17-/m0/s1. The number of thioether (sulfide) groups is 1. The van der Waals surface area contributed by atoms with Gasteiger partial charge in [0.15, 0.2) is 16.9 Å². The highest BCUT2D eigenvalue weighted by Gasteiger charge is 2.30. The highest BCUT2D eigenvalue weighted by atomic mass is 32.2. The van der Waals surface area contributed by atoms with Gasteiger partial charge in [-0.05, 0) is 54.0 Å². The Morgan fingerprint density at radius 1 is 1.11 bits per heavy atom. The van der Waals surface area contributed by atoms with Crippen LogP contribution in [0.4, 0.5) is 0 Å². The molecule has 0 aliphatic heterocycles. The van der Waals surface area contributed by atoms with Gasteiger partial charge in [-0.15, -0.1) is 11.8 Å². The van der Waals surface area contributed by atoms with Crippen LogP contribution < -0.4 is 25.0 Å². The molecular formula is C25H25NO8S. The van der Waals surface area contributed by atoms with Gasteiger partial charge in [0.2, 0.25) is 11.7 Å². The molecule has 35 heavy (non-hydrogen) atoms. The first-order valence-corrected chi connectivity index (χ1v) is 11.8. The van der Waals surface area contributed by atoms with E-state index in [1.165, 1.54) is 39.0 Å². The van der Waals surface area contributed by atoms with Crippen molar-refractivity contribution >= 4 is 29.6 Å². The van der Waals surface area contributed by atoms with Crippen molar-refractivity contribution in [2.45, 2.75) is 30.7 Å². The van der Waals surface area contributed by atoms with Crippen LogP contribution in [0, 0.1) is 0 Å². The molecule has 0 saturated carbocycles. The maximum absolute atomic E-state index is 12.8. The minimum Gasteiger partial charge on any atom is -0.492 e. The zero-order chi connectivity index (χ0) is 25.7. The van der Waals surface area contributed by atoms with Gasteiger partial charge in [0.1, 0.15) is 0 Å². The van der Waals surface area contributed by atoms with Gasteiger partial charge in [-0.3, -0.25) is 9.59 Å². The number of esters is 1. The molecule has 3 rings (SSSR count). The van der Waals surface area contributed by atoms with Crippen LogP contribution in [0.2, 0.25) is 0 Å². The Bertz CT molecular complexity index is 1270. The molecule has 0 fully saturated rings. The van der Waals surface area contributed by atoms with Crippen LogP contribution in [0.1, 0.15) is 30.5 Å². The van der Waals surface area contributed by atoms with Gasteiger partial charge in [0.05, 0.1) is 25.2 Å². The summed E-state index contributed by atoms with van der Waals surface area (Å²) in [4.78, 5) is 48.3. The Morgan fingerprint density at radius 3 is 2.43 bits per heavy atom. The Kier molecular flexibility index (Phi) is 8.18. The van der Waals surface area contributed by atoms with Crippen molar-refractivity contribution in [3.05, 3.63) is 57.8 Å². The van der Waals surface area contributed by atoms with Crippen molar-refractivity contribution in [3.8, 4) is 28.4 Å². The van der Waals surface area contributed by atoms with Gasteiger partial charge in [-0.25, -0.2) is 9.59 Å². The SMILES string of the molecule is COc1c(OC(=O)/C=C\C(=O)O)cc2c(c1OC)-c1ccc(SC)c(=O)cc1[C@@H](NC(C)=O)CC2. The lowest BCUT2D eigenvalue weighted by molar-refractivity contribution is -0.133. The van der Waals surface area contributed by atoms with Gasteiger partial charge >= 0.3 is 11.9 Å². The van der Waals surface area contributed by atoms with Crippen molar-refractivity contribution in [1.82, 2.24) is 5.32 Å². The van der Waals surface area contributed by atoms with Crippen molar-refractivity contribution in [1.29, 1.82) is 0 Å². The molecule has 1 aliphatic carbocycles. The number of amides is 1. The summed E-state index contributed by atoms with van der Waals surface area (Å²) in [6, 6.07) is 6.26. The number of hydrogen-bond donors (Lipinski definition) is 2. The lowest BCUT2D eigenvalue weighted by Gasteiger charge is -2.19. The number of aliphatic carboxylic acids is 1. The quantitative estimate of drug-likeness (QED) is 0.256. The second kappa shape index (κ2) is 11.1. The second-order valence-electron chi connectivity index (χ2n) is 7.64. The third-order valence-electron chi connectivity index (χ3n) is 5.45. The second-order valence-corrected chi connectivity index (χ2v) is 8.49. The number of aryl methyl sites for hydroxylation is 1. The van der Waals surface area contributed by atoms with Crippen molar-refractivity contribution in [2.24, 2.45) is 0 Å². The Balaban J connectivity index is 2.29. The zero-order valence-electron chi connectivity index (χ0n) is 19.7. The first-order valence-electron chi connectivity index (χ1n) is 10.6. The Morgan fingerprint density at radius 2 is 1.83 bits per heavy atom. The van der Waals surface area contributed by atoms with E-state index in [4.69, 9.17) is 19.3 Å². The van der Waals surface area contributed by atoms with Crippen molar-refractivity contribution in [2.75, 3.05) is 20.5 Å². The summed E-state index contributed by atoms with van der Waals surface area (Å²) in [5, 5.41) is 11.7. The normalized spacial score (nSPS) is 14.3. The van der Waals surface area contributed by atoms with Crippen LogP contribution in [0.5, 0.6) is 17.2 Å². The summed E-state index contributed by atoms with van der Waals surface area (Å²) in [6.07, 6.45) is 4.21. The topological polar surface area (TPSA) is 128 Å². The molecule has 2 aromatic carbocycles. The van der Waals surface area contributed by atoms with Gasteiger partial charge in [-0.1, -0.05) is 6.07 Å². The minimum absolute atomic E-state index is 0.0530. The molecule has 0 heterocycles. The van der Waals surface area contributed by atoms with Gasteiger partial charge in [-0.2, -0.15) is 0 Å². The molecule has 1 amide bonds. The lowest BCUT2D eigenvalue weighted by atomic mass is 9.95. The van der Waals surface area contributed by atoms with Gasteiger partial charge in [0, 0.05) is 24.6 Å². The van der Waals surface area contributed by atoms with E-state index >= 15 is 0 Å². The summed E-state index contributed by atoms with van der Waals surface area (Å²) < 4.78 is 16.6. The van der Waals surface area contributed by atoms with Crippen LogP contribution >= 0.6 is 11.8 Å². The van der Waals surface area contributed by atoms with Crippen LogP contribution in [0.25, 0.3) is 11.1 Å². The molecule has 2 aromatic rings. The fourth-order valence-corrected chi connectivity index (χ4v) is 4.53. The zero-order valence-corrected chi connectivity index (χ0v) is 20.5. The van der Waals surface area contributed by atoms with Crippen LogP contribution in [-0.4, -0.2) is 43.4 Å². The highest BCUT2D eigenvalue weighted by molar-refractivity contribution is 7.98. The number of methoxy groups -OCH3 is 2. The lowest BCUT2D eigenvalue weighted by Crippen LogP contribution is -2.26. The first kappa shape index (κ1) is 25.8. The fourth-order valence-electron chi connectivity index (χ4n) is 4.07. The molecule has 2 N–H and O–H groups in total. The third-order valence-corrected chi connectivity index (χ3v) is 6.23. The number of carboxylic acid groups (broad SMARTS) is 1. The number of carboxylic acids is 1. The number of benzene rings is 1. The predicted octanol–water partition coefficient (Wildman–Crippen LogP) is 3.12.